The largest absolute Gasteiger partial charge is 0.454 e. The smallest absolute Gasteiger partial charge is 0.332 e. The second kappa shape index (κ2) is 9.53. The van der Waals surface area contributed by atoms with Gasteiger partial charge in [-0.3, -0.25) is 9.59 Å². The summed E-state index contributed by atoms with van der Waals surface area (Å²) in [6.07, 6.45) is 3.85. The van der Waals surface area contributed by atoms with Crippen LogP contribution in [0.25, 0.3) is 0 Å². The molecule has 1 N–H and O–H groups in total. The third-order valence-electron chi connectivity index (χ3n) is 4.98. The van der Waals surface area contributed by atoms with Crippen LogP contribution in [0, 0.1) is 0 Å². The molecule has 27 heavy (non-hydrogen) atoms. The Labute approximate surface area is 161 Å². The Morgan fingerprint density at radius 3 is 2.30 bits per heavy atom. The summed E-state index contributed by atoms with van der Waals surface area (Å²) in [6.45, 7) is 5.41. The maximum absolute atomic E-state index is 12.7. The van der Waals surface area contributed by atoms with Gasteiger partial charge in [-0.15, -0.1) is 0 Å². The second-order valence-corrected chi connectivity index (χ2v) is 7.50. The summed E-state index contributed by atoms with van der Waals surface area (Å²) in [5.74, 6) is -1.00. The van der Waals surface area contributed by atoms with Gasteiger partial charge in [0.25, 0.3) is 5.91 Å². The maximum Gasteiger partial charge on any atom is 0.332 e. The molecule has 0 atom stereocenters. The first kappa shape index (κ1) is 20.9. The van der Waals surface area contributed by atoms with Crippen LogP contribution in [0.2, 0.25) is 0 Å². The average Bonchev–Trinajstić information content (AvgIpc) is 2.64. The van der Waals surface area contributed by atoms with Crippen molar-refractivity contribution < 1.29 is 19.1 Å². The van der Waals surface area contributed by atoms with Crippen LogP contribution in [0.3, 0.4) is 0 Å². The van der Waals surface area contributed by atoms with Gasteiger partial charge < -0.3 is 15.0 Å². The Balaban J connectivity index is 2.00. The van der Waals surface area contributed by atoms with E-state index >= 15 is 0 Å². The molecule has 0 unspecified atom stereocenters. The van der Waals surface area contributed by atoms with Crippen LogP contribution < -0.4 is 5.32 Å². The summed E-state index contributed by atoms with van der Waals surface area (Å²) in [5.41, 5.74) is 0.0276. The maximum atomic E-state index is 12.7. The van der Waals surface area contributed by atoms with Crippen LogP contribution >= 0.6 is 0 Å². The van der Waals surface area contributed by atoms with Gasteiger partial charge in [0.2, 0.25) is 5.91 Å². The molecule has 0 aromatic heterocycles. The summed E-state index contributed by atoms with van der Waals surface area (Å²) < 4.78 is 5.37. The fraction of sp³-hybridized carbons (Fsp3) is 0.571. The van der Waals surface area contributed by atoms with Crippen molar-refractivity contribution in [3.05, 3.63) is 35.9 Å². The van der Waals surface area contributed by atoms with Gasteiger partial charge >= 0.3 is 5.97 Å². The number of benzene rings is 1. The number of hydrogen-bond acceptors (Lipinski definition) is 4. The van der Waals surface area contributed by atoms with Crippen molar-refractivity contribution in [1.29, 1.82) is 0 Å². The molecule has 1 aliphatic carbocycles. The minimum absolute atomic E-state index is 0.0182. The average molecular weight is 374 g/mol. The Bertz CT molecular complexity index is 651. The van der Waals surface area contributed by atoms with E-state index in [1.54, 1.807) is 4.90 Å². The Morgan fingerprint density at radius 2 is 1.74 bits per heavy atom. The molecule has 0 aliphatic heterocycles. The lowest BCUT2D eigenvalue weighted by Gasteiger charge is -2.35. The van der Waals surface area contributed by atoms with Gasteiger partial charge in [0, 0.05) is 19.5 Å². The van der Waals surface area contributed by atoms with E-state index in [2.05, 4.69) is 5.32 Å². The Kier molecular flexibility index (Phi) is 7.39. The highest BCUT2D eigenvalue weighted by Crippen LogP contribution is 2.29. The third-order valence-corrected chi connectivity index (χ3v) is 4.98. The van der Waals surface area contributed by atoms with E-state index in [1.807, 2.05) is 44.2 Å². The standard InChI is InChI=1S/C21H30N2O4/c1-16(2)23(14-18-10-6-4-7-11-18)19(25)15-27-20(26)21(22-17(3)24)12-8-5-9-13-21/h4,6-7,10-11,16H,5,8-9,12-15H2,1-3H3,(H,22,24). The highest BCUT2D eigenvalue weighted by Gasteiger charge is 2.42. The normalized spacial score (nSPS) is 15.9. The lowest BCUT2D eigenvalue weighted by atomic mass is 9.81. The minimum Gasteiger partial charge on any atom is -0.454 e. The topological polar surface area (TPSA) is 75.7 Å². The monoisotopic (exact) mass is 374 g/mol. The molecular weight excluding hydrogens is 344 g/mol. The summed E-state index contributed by atoms with van der Waals surface area (Å²) >= 11 is 0. The fourth-order valence-corrected chi connectivity index (χ4v) is 3.56. The first-order valence-electron chi connectivity index (χ1n) is 9.63. The van der Waals surface area contributed by atoms with E-state index in [0.29, 0.717) is 19.4 Å². The highest BCUT2D eigenvalue weighted by molar-refractivity contribution is 5.89. The van der Waals surface area contributed by atoms with Gasteiger partial charge in [0.05, 0.1) is 0 Å². The predicted molar refractivity (Wildman–Crippen MR) is 103 cm³/mol. The zero-order valence-electron chi connectivity index (χ0n) is 16.5. The van der Waals surface area contributed by atoms with Crippen LogP contribution in [0.5, 0.6) is 0 Å². The molecule has 0 radical (unpaired) electrons. The lowest BCUT2D eigenvalue weighted by molar-refractivity contribution is -0.161. The molecule has 6 nitrogen and oxygen atoms in total. The van der Waals surface area contributed by atoms with Crippen molar-refractivity contribution in [1.82, 2.24) is 10.2 Å². The number of amides is 2. The third kappa shape index (κ3) is 5.81. The van der Waals surface area contributed by atoms with E-state index < -0.39 is 11.5 Å². The summed E-state index contributed by atoms with van der Waals surface area (Å²) in [4.78, 5) is 38.6. The van der Waals surface area contributed by atoms with Gasteiger partial charge in [0.1, 0.15) is 5.54 Å². The number of nitrogens with zero attached hydrogens (tertiary/aromatic N) is 1. The number of nitrogens with one attached hydrogen (secondary N) is 1. The van der Waals surface area contributed by atoms with Crippen LogP contribution in [-0.4, -0.2) is 40.9 Å². The molecule has 2 rings (SSSR count). The molecule has 1 aromatic carbocycles. The molecule has 6 heteroatoms. The summed E-state index contributed by atoms with van der Waals surface area (Å²) in [7, 11) is 0. The van der Waals surface area contributed by atoms with Crippen LogP contribution in [0.15, 0.2) is 30.3 Å². The van der Waals surface area contributed by atoms with E-state index in [4.69, 9.17) is 4.74 Å². The number of hydrogen-bond donors (Lipinski definition) is 1. The number of carbonyl (C=O) groups is 3. The lowest BCUT2D eigenvalue weighted by Crippen LogP contribution is -2.56. The number of esters is 1. The van der Waals surface area contributed by atoms with Crippen molar-refractivity contribution in [3.63, 3.8) is 0 Å². The van der Waals surface area contributed by atoms with Crippen LogP contribution in [0.1, 0.15) is 58.4 Å². The quantitative estimate of drug-likeness (QED) is 0.745. The highest BCUT2D eigenvalue weighted by atomic mass is 16.5. The van der Waals surface area contributed by atoms with Gasteiger partial charge in [-0.1, -0.05) is 49.6 Å². The Hall–Kier alpha value is -2.37. The molecule has 1 saturated carbocycles. The summed E-state index contributed by atoms with van der Waals surface area (Å²) in [6, 6.07) is 9.69. The molecule has 0 heterocycles. The molecule has 0 saturated heterocycles. The predicted octanol–water partition coefficient (Wildman–Crippen LogP) is 2.81. The zero-order chi connectivity index (χ0) is 19.9. The molecule has 148 valence electrons. The van der Waals surface area contributed by atoms with Crippen molar-refractivity contribution in [3.8, 4) is 0 Å². The van der Waals surface area contributed by atoms with Crippen LogP contribution in [0.4, 0.5) is 0 Å². The van der Waals surface area contributed by atoms with Gasteiger partial charge in [0.15, 0.2) is 6.61 Å². The molecule has 0 bridgehead atoms. The Morgan fingerprint density at radius 1 is 1.11 bits per heavy atom. The van der Waals surface area contributed by atoms with Crippen molar-refractivity contribution in [2.45, 2.75) is 71.0 Å². The SMILES string of the molecule is CC(=O)NC1(C(=O)OCC(=O)N(Cc2ccccc2)C(C)C)CCCCC1. The molecule has 1 aliphatic rings. The molecule has 1 fully saturated rings. The fourth-order valence-electron chi connectivity index (χ4n) is 3.56. The van der Waals surface area contributed by atoms with Gasteiger partial charge in [-0.25, -0.2) is 4.79 Å². The molecule has 1 aromatic rings. The first-order chi connectivity index (χ1) is 12.8. The minimum atomic E-state index is -0.994. The van der Waals surface area contributed by atoms with Gasteiger partial charge in [-0.2, -0.15) is 0 Å². The van der Waals surface area contributed by atoms with E-state index in [9.17, 15) is 14.4 Å². The van der Waals surface area contributed by atoms with E-state index in [1.165, 1.54) is 6.92 Å². The number of ether oxygens (including phenoxy) is 1. The van der Waals surface area contributed by atoms with Crippen molar-refractivity contribution in [2.24, 2.45) is 0 Å². The zero-order valence-corrected chi connectivity index (χ0v) is 16.5. The molecule has 2 amide bonds. The van der Waals surface area contributed by atoms with Gasteiger partial charge in [-0.05, 0) is 32.3 Å². The first-order valence-corrected chi connectivity index (χ1v) is 9.63. The van der Waals surface area contributed by atoms with Crippen molar-refractivity contribution in [2.75, 3.05) is 6.61 Å². The van der Waals surface area contributed by atoms with Crippen LogP contribution in [-0.2, 0) is 25.7 Å². The van der Waals surface area contributed by atoms with Crippen molar-refractivity contribution >= 4 is 17.8 Å². The number of rotatable bonds is 7. The molecular formula is C21H30N2O4. The van der Waals surface area contributed by atoms with E-state index in [-0.39, 0.29) is 24.5 Å². The second-order valence-electron chi connectivity index (χ2n) is 7.50. The summed E-state index contributed by atoms with van der Waals surface area (Å²) in [5, 5.41) is 2.77. The molecule has 0 spiro atoms. The number of carbonyl (C=O) groups excluding carboxylic acids is 3. The van der Waals surface area contributed by atoms with E-state index in [0.717, 1.165) is 24.8 Å².